The van der Waals surface area contributed by atoms with Crippen LogP contribution in [0.25, 0.3) is 10.6 Å². The van der Waals surface area contributed by atoms with Crippen molar-refractivity contribution in [3.63, 3.8) is 0 Å². The van der Waals surface area contributed by atoms with Crippen LogP contribution in [0.1, 0.15) is 18.5 Å². The molecule has 0 spiro atoms. The van der Waals surface area contributed by atoms with Crippen LogP contribution in [-0.2, 0) is 11.3 Å². The fourth-order valence-corrected chi connectivity index (χ4v) is 3.38. The first-order chi connectivity index (χ1) is 11.2. The molecule has 120 valence electrons. The summed E-state index contributed by atoms with van der Waals surface area (Å²) in [6, 6.07) is 8.02. The third kappa shape index (κ3) is 3.78. The minimum Gasteiger partial charge on any atom is -0.497 e. The molecule has 1 atom stereocenters. The van der Waals surface area contributed by atoms with Crippen molar-refractivity contribution >= 4 is 17.3 Å². The van der Waals surface area contributed by atoms with E-state index in [-0.39, 0.29) is 6.04 Å². The number of carbonyl (C=O) groups is 1. The molecule has 23 heavy (non-hydrogen) atoms. The smallest absolute Gasteiger partial charge is 0.331 e. The highest BCUT2D eigenvalue weighted by Gasteiger charge is 2.21. The molecule has 0 radical (unpaired) electrons. The summed E-state index contributed by atoms with van der Waals surface area (Å²) in [6.45, 7) is 0.651. The summed E-state index contributed by atoms with van der Waals surface area (Å²) in [7, 11) is 1.65. The van der Waals surface area contributed by atoms with Crippen LogP contribution in [0, 0.1) is 0 Å². The number of benzene rings is 1. The number of carboxylic acid groups (broad SMARTS) is 1. The maximum absolute atomic E-state index is 10.9. The van der Waals surface area contributed by atoms with Crippen LogP contribution in [0.5, 0.6) is 5.75 Å². The second kappa shape index (κ2) is 6.93. The Kier molecular flexibility index (Phi) is 4.73. The average molecular weight is 330 g/mol. The molecule has 1 aliphatic carbocycles. The molecule has 0 saturated carbocycles. The van der Waals surface area contributed by atoms with Gasteiger partial charge in [-0.25, -0.2) is 9.78 Å². The zero-order valence-electron chi connectivity index (χ0n) is 12.8. The molecule has 6 heteroatoms. The molecule has 2 N–H and O–H groups in total. The number of nitrogens with zero attached hydrogens (tertiary/aromatic N) is 1. The van der Waals surface area contributed by atoms with Crippen LogP contribution in [0.2, 0.25) is 0 Å². The van der Waals surface area contributed by atoms with Crippen molar-refractivity contribution in [2.45, 2.75) is 25.4 Å². The third-order valence-corrected chi connectivity index (χ3v) is 4.79. The number of nitrogens with one attached hydrogen (secondary N) is 1. The maximum atomic E-state index is 10.9. The molecule has 0 aliphatic heterocycles. The second-order valence-electron chi connectivity index (χ2n) is 5.42. The Morgan fingerprint density at radius 2 is 2.22 bits per heavy atom. The molecule has 1 unspecified atom stereocenters. The minimum atomic E-state index is -0.815. The van der Waals surface area contributed by atoms with Gasteiger partial charge in [0.1, 0.15) is 10.8 Å². The minimum absolute atomic E-state index is 0.187. The predicted octanol–water partition coefficient (Wildman–Crippen LogP) is 3.08. The number of hydrogen-bond acceptors (Lipinski definition) is 5. The number of carboxylic acids is 1. The lowest BCUT2D eigenvalue weighted by atomic mass is 10.2. The van der Waals surface area contributed by atoms with Crippen molar-refractivity contribution < 1.29 is 14.6 Å². The van der Waals surface area contributed by atoms with Gasteiger partial charge in [0.25, 0.3) is 0 Å². The van der Waals surface area contributed by atoms with Gasteiger partial charge in [0, 0.05) is 29.1 Å². The van der Waals surface area contributed by atoms with Crippen LogP contribution >= 0.6 is 11.3 Å². The Labute approximate surface area is 138 Å². The number of hydrogen-bond donors (Lipinski definition) is 2. The van der Waals surface area contributed by atoms with E-state index in [1.807, 2.05) is 29.6 Å². The SMILES string of the molecule is COc1ccc(-c2nc(CNC3CC=C(C(=O)O)C3)cs2)cc1. The number of methoxy groups -OCH3 is 1. The zero-order chi connectivity index (χ0) is 16.2. The fourth-order valence-electron chi connectivity index (χ4n) is 2.55. The Hall–Kier alpha value is -2.18. The quantitative estimate of drug-likeness (QED) is 0.852. The molecule has 0 saturated heterocycles. The van der Waals surface area contributed by atoms with Gasteiger partial charge in [0.15, 0.2) is 0 Å². The second-order valence-corrected chi connectivity index (χ2v) is 6.28. The zero-order valence-corrected chi connectivity index (χ0v) is 13.6. The normalized spacial score (nSPS) is 17.1. The molecular weight excluding hydrogens is 312 g/mol. The summed E-state index contributed by atoms with van der Waals surface area (Å²) < 4.78 is 5.16. The first kappa shape index (κ1) is 15.7. The Bertz CT molecular complexity index is 722. The van der Waals surface area contributed by atoms with E-state index in [2.05, 4.69) is 10.3 Å². The number of rotatable bonds is 6. The maximum Gasteiger partial charge on any atom is 0.331 e. The summed E-state index contributed by atoms with van der Waals surface area (Å²) in [6.07, 6.45) is 3.13. The number of aliphatic carboxylic acids is 1. The molecule has 1 aromatic heterocycles. The summed E-state index contributed by atoms with van der Waals surface area (Å²) in [5, 5.41) is 15.3. The predicted molar refractivity (Wildman–Crippen MR) is 89.7 cm³/mol. The molecule has 1 aromatic carbocycles. The van der Waals surface area contributed by atoms with E-state index >= 15 is 0 Å². The Morgan fingerprint density at radius 1 is 1.43 bits per heavy atom. The van der Waals surface area contributed by atoms with E-state index in [0.29, 0.717) is 18.5 Å². The van der Waals surface area contributed by atoms with Gasteiger partial charge in [-0.05, 0) is 37.1 Å². The van der Waals surface area contributed by atoms with Gasteiger partial charge in [-0.2, -0.15) is 0 Å². The van der Waals surface area contributed by atoms with Gasteiger partial charge in [0.2, 0.25) is 0 Å². The number of ether oxygens (including phenoxy) is 1. The Balaban J connectivity index is 1.56. The molecule has 1 heterocycles. The van der Waals surface area contributed by atoms with E-state index < -0.39 is 5.97 Å². The van der Waals surface area contributed by atoms with Crippen LogP contribution in [-0.4, -0.2) is 29.2 Å². The highest BCUT2D eigenvalue weighted by molar-refractivity contribution is 7.13. The lowest BCUT2D eigenvalue weighted by Gasteiger charge is -2.10. The van der Waals surface area contributed by atoms with E-state index in [0.717, 1.165) is 28.4 Å². The average Bonchev–Trinajstić information content (AvgIpc) is 3.22. The summed E-state index contributed by atoms with van der Waals surface area (Å²) in [5.41, 5.74) is 2.54. The molecular formula is C17H18N2O3S. The van der Waals surface area contributed by atoms with Gasteiger partial charge in [-0.3, -0.25) is 0 Å². The van der Waals surface area contributed by atoms with Crippen molar-refractivity contribution in [2.75, 3.05) is 7.11 Å². The van der Waals surface area contributed by atoms with Gasteiger partial charge in [-0.1, -0.05) is 6.08 Å². The first-order valence-corrected chi connectivity index (χ1v) is 8.28. The van der Waals surface area contributed by atoms with Crippen molar-refractivity contribution in [1.82, 2.24) is 10.3 Å². The summed E-state index contributed by atoms with van der Waals surface area (Å²) in [5.74, 6) is 0.0138. The highest BCUT2D eigenvalue weighted by atomic mass is 32.1. The first-order valence-electron chi connectivity index (χ1n) is 7.40. The summed E-state index contributed by atoms with van der Waals surface area (Å²) in [4.78, 5) is 15.5. The third-order valence-electron chi connectivity index (χ3n) is 3.85. The standard InChI is InChI=1S/C17H18N2O3S/c1-22-15-6-3-11(4-7-15)16-19-14(10-23-16)9-18-13-5-2-12(8-13)17(20)21/h2-4,6-7,10,13,18H,5,8-9H2,1H3,(H,20,21). The van der Waals surface area contributed by atoms with Crippen molar-refractivity contribution in [2.24, 2.45) is 0 Å². The van der Waals surface area contributed by atoms with E-state index in [1.165, 1.54) is 0 Å². The van der Waals surface area contributed by atoms with Gasteiger partial charge in [-0.15, -0.1) is 11.3 Å². The van der Waals surface area contributed by atoms with E-state index in [9.17, 15) is 4.79 Å². The molecule has 2 aromatic rings. The lowest BCUT2D eigenvalue weighted by Crippen LogP contribution is -2.26. The van der Waals surface area contributed by atoms with E-state index in [4.69, 9.17) is 9.84 Å². The van der Waals surface area contributed by atoms with Crippen molar-refractivity contribution in [1.29, 1.82) is 0 Å². The highest BCUT2D eigenvalue weighted by Crippen LogP contribution is 2.26. The van der Waals surface area contributed by atoms with E-state index in [1.54, 1.807) is 24.5 Å². The molecule has 0 bridgehead atoms. The monoisotopic (exact) mass is 330 g/mol. The van der Waals surface area contributed by atoms with Crippen LogP contribution in [0.15, 0.2) is 41.3 Å². The molecule has 5 nitrogen and oxygen atoms in total. The van der Waals surface area contributed by atoms with Crippen LogP contribution in [0.3, 0.4) is 0 Å². The van der Waals surface area contributed by atoms with Crippen molar-refractivity contribution in [3.8, 4) is 16.3 Å². The van der Waals surface area contributed by atoms with Gasteiger partial charge < -0.3 is 15.2 Å². The molecule has 0 fully saturated rings. The Morgan fingerprint density at radius 3 is 2.87 bits per heavy atom. The van der Waals surface area contributed by atoms with Gasteiger partial charge in [0.05, 0.1) is 12.8 Å². The van der Waals surface area contributed by atoms with Gasteiger partial charge >= 0.3 is 5.97 Å². The van der Waals surface area contributed by atoms with Crippen LogP contribution < -0.4 is 10.1 Å². The summed E-state index contributed by atoms with van der Waals surface area (Å²) >= 11 is 1.60. The topological polar surface area (TPSA) is 71.5 Å². The fraction of sp³-hybridized carbons (Fsp3) is 0.294. The largest absolute Gasteiger partial charge is 0.497 e. The molecule has 3 rings (SSSR count). The molecule has 0 amide bonds. The number of thiazole rings is 1. The molecule has 1 aliphatic rings. The van der Waals surface area contributed by atoms with Crippen molar-refractivity contribution in [3.05, 3.63) is 47.0 Å². The lowest BCUT2D eigenvalue weighted by molar-refractivity contribution is -0.132. The van der Waals surface area contributed by atoms with Crippen LogP contribution in [0.4, 0.5) is 0 Å². The number of aromatic nitrogens is 1.